The molecule has 0 unspecified atom stereocenters. The Labute approximate surface area is 490 Å². The van der Waals surface area contributed by atoms with E-state index in [0.29, 0.717) is 77.0 Å². The molecular weight excluding hydrogens is 1130 g/mol. The predicted octanol–water partition coefficient (Wildman–Crippen LogP) is -3.30. The lowest BCUT2D eigenvalue weighted by atomic mass is 9.81. The number of nitrogens with one attached hydrogen (secondary N) is 7. The van der Waals surface area contributed by atoms with Crippen LogP contribution in [0.15, 0.2) is 29.1 Å². The van der Waals surface area contributed by atoms with Crippen LogP contribution in [0.1, 0.15) is 78.5 Å². The normalized spacial score (nSPS) is 17.9. The van der Waals surface area contributed by atoms with Gasteiger partial charge in [-0.2, -0.15) is 0 Å². The van der Waals surface area contributed by atoms with Gasteiger partial charge in [-0.05, 0) is 55.4 Å². The summed E-state index contributed by atoms with van der Waals surface area (Å²) in [6.07, 6.45) is 3.26. The average Bonchev–Trinajstić information content (AvgIpc) is 1.47. The summed E-state index contributed by atoms with van der Waals surface area (Å²) < 4.78 is 43.7. The fourth-order valence-electron chi connectivity index (χ4n) is 10.4. The van der Waals surface area contributed by atoms with Crippen molar-refractivity contribution in [3.8, 4) is 11.4 Å². The number of fused-ring (bicyclic) bond motifs is 5. The molecule has 30 heteroatoms. The molecule has 0 radical (unpaired) electrons. The minimum atomic E-state index is -2.06. The van der Waals surface area contributed by atoms with Crippen molar-refractivity contribution in [1.29, 1.82) is 0 Å². The second kappa shape index (κ2) is 29.0. The average molecular weight is 1200 g/mol. The molecule has 8 rings (SSSR count). The van der Waals surface area contributed by atoms with E-state index < -0.39 is 121 Å². The Morgan fingerprint density at radius 1 is 0.709 bits per heavy atom. The fourth-order valence-corrected chi connectivity index (χ4v) is 10.4. The molecule has 0 saturated carbocycles. The first-order valence-corrected chi connectivity index (χ1v) is 28.2. The molecule has 8 N–H and O–H groups in total. The molecule has 462 valence electrons. The van der Waals surface area contributed by atoms with Gasteiger partial charge in [0.05, 0.1) is 121 Å². The van der Waals surface area contributed by atoms with Gasteiger partial charge in [0.25, 0.3) is 17.4 Å². The Kier molecular flexibility index (Phi) is 21.4. The van der Waals surface area contributed by atoms with Crippen LogP contribution in [0.3, 0.4) is 0 Å². The van der Waals surface area contributed by atoms with Gasteiger partial charge in [-0.3, -0.25) is 57.6 Å². The van der Waals surface area contributed by atoms with Crippen LogP contribution in [0.2, 0.25) is 0 Å². The molecule has 1 fully saturated rings. The van der Waals surface area contributed by atoms with Crippen LogP contribution >= 0.6 is 0 Å². The largest absolute Gasteiger partial charge is 0.458 e. The van der Waals surface area contributed by atoms with Crippen molar-refractivity contribution in [1.82, 2.24) is 56.6 Å². The molecular formula is C56H68FN11O18. The standard InChI is InChI=1S/C56H68FN11O18/c1-3-56(81)35-22-40-52-33(29-68(40)54(79)34(35)30-86-55(56)80)51-37(5-4-32-31(2)36(57)23-38(64-52)50(32)51)65-53(78)39-8-12-66(39)49(77)28-63-46(74)27-62-45(73)26-61-44(72)25-60-43(71)24-59-42(70)10-14-82-16-18-84-20-21-85-19-17-83-15-11-58-41(69)9-13-67-47(75)6-7-48(67)76/h6-7,22-23,37,39,81H,3-5,8-21,24-30H2,1-2H3,(H,58,69)(H,59,70)(H,60,71)(H,61,72)(H,62,73)(H,63,74)(H,65,78)/t37-,39+,56-/m1/s1. The van der Waals surface area contributed by atoms with Gasteiger partial charge in [0.2, 0.25) is 47.3 Å². The molecule has 10 amide bonds. The highest BCUT2D eigenvalue weighted by molar-refractivity contribution is 6.13. The molecule has 86 heavy (non-hydrogen) atoms. The van der Waals surface area contributed by atoms with E-state index in [-0.39, 0.29) is 109 Å². The number of esters is 1. The summed E-state index contributed by atoms with van der Waals surface area (Å²) in [6, 6.07) is 1.32. The molecule has 5 aliphatic rings. The van der Waals surface area contributed by atoms with Crippen molar-refractivity contribution < 1.29 is 85.9 Å². The van der Waals surface area contributed by atoms with Gasteiger partial charge in [-0.1, -0.05) is 6.92 Å². The van der Waals surface area contributed by atoms with Crippen LogP contribution in [-0.4, -0.2) is 201 Å². The molecule has 3 atom stereocenters. The molecule has 1 aromatic carbocycles. The molecule has 1 saturated heterocycles. The van der Waals surface area contributed by atoms with E-state index in [1.54, 1.807) is 19.9 Å². The maximum Gasteiger partial charge on any atom is 0.343 e. The maximum absolute atomic E-state index is 15.4. The summed E-state index contributed by atoms with van der Waals surface area (Å²) in [5.41, 5.74) is 1.05. The minimum Gasteiger partial charge on any atom is -0.458 e. The Morgan fingerprint density at radius 2 is 1.28 bits per heavy atom. The number of aromatic nitrogens is 2. The minimum absolute atomic E-state index is 0.00521. The number of aliphatic hydroxyl groups is 1. The van der Waals surface area contributed by atoms with E-state index in [9.17, 15) is 62.6 Å². The number of cyclic esters (lactones) is 1. The van der Waals surface area contributed by atoms with E-state index >= 15 is 4.39 Å². The van der Waals surface area contributed by atoms with Gasteiger partial charge < -0.3 is 75.5 Å². The third-order valence-electron chi connectivity index (χ3n) is 15.2. The van der Waals surface area contributed by atoms with Crippen molar-refractivity contribution in [3.05, 3.63) is 73.8 Å². The first-order valence-electron chi connectivity index (χ1n) is 28.2. The van der Waals surface area contributed by atoms with Crippen LogP contribution < -0.4 is 42.8 Å². The van der Waals surface area contributed by atoms with Crippen LogP contribution in [0.4, 0.5) is 4.39 Å². The number of benzene rings is 1. The summed E-state index contributed by atoms with van der Waals surface area (Å²) in [7, 11) is 0. The van der Waals surface area contributed by atoms with Crippen LogP contribution in [0.5, 0.6) is 0 Å². The van der Waals surface area contributed by atoms with Crippen molar-refractivity contribution in [3.63, 3.8) is 0 Å². The Bertz CT molecular complexity index is 3280. The number of pyridine rings is 2. The van der Waals surface area contributed by atoms with Crippen molar-refractivity contribution >= 4 is 75.9 Å². The van der Waals surface area contributed by atoms with E-state index in [4.69, 9.17) is 28.7 Å². The van der Waals surface area contributed by atoms with E-state index in [1.165, 1.54) is 15.5 Å². The van der Waals surface area contributed by atoms with Gasteiger partial charge in [0.1, 0.15) is 18.5 Å². The summed E-state index contributed by atoms with van der Waals surface area (Å²) in [4.78, 5) is 158. The second-order valence-electron chi connectivity index (χ2n) is 20.6. The number of amides is 10. The number of rotatable bonds is 31. The van der Waals surface area contributed by atoms with Gasteiger partial charge >= 0.3 is 5.97 Å². The maximum atomic E-state index is 15.4. The SMILES string of the molecule is CC[C@]1(O)C(=O)OCc2c1cc1n(c2=O)Cc2c-1nc1cc(F)c(C)c3c1c2[C@H](NC(=O)[C@@H]1CCN1C(=O)CNC(=O)CNC(=O)CNC(=O)CNC(=O)CNC(=O)CCOCCOCCOCCOCCNC(=O)CCN1C(=O)C=CC1=O)CC3. The van der Waals surface area contributed by atoms with Crippen molar-refractivity contribution in [2.75, 3.05) is 105 Å². The van der Waals surface area contributed by atoms with Crippen LogP contribution in [0.25, 0.3) is 22.3 Å². The molecule has 2 aromatic heterocycles. The molecule has 6 heterocycles. The molecule has 1 aliphatic carbocycles. The van der Waals surface area contributed by atoms with Gasteiger partial charge in [-0.25, -0.2) is 14.2 Å². The zero-order valence-corrected chi connectivity index (χ0v) is 47.5. The number of likely N-dealkylation sites (tertiary alicyclic amines) is 1. The highest BCUT2D eigenvalue weighted by Crippen LogP contribution is 2.46. The summed E-state index contributed by atoms with van der Waals surface area (Å²) in [6.45, 7) is 2.82. The number of halogens is 1. The lowest BCUT2D eigenvalue weighted by molar-refractivity contribution is -0.172. The Morgan fingerprint density at radius 3 is 1.87 bits per heavy atom. The molecule has 29 nitrogen and oxygen atoms in total. The predicted molar refractivity (Wildman–Crippen MR) is 295 cm³/mol. The fraction of sp³-hybridized carbons (Fsp3) is 0.518. The van der Waals surface area contributed by atoms with Crippen LogP contribution in [0, 0.1) is 12.7 Å². The van der Waals surface area contributed by atoms with E-state index in [0.717, 1.165) is 17.1 Å². The second-order valence-corrected chi connectivity index (χ2v) is 20.6. The number of hydrogen-bond acceptors (Lipinski definition) is 19. The zero-order valence-electron chi connectivity index (χ0n) is 47.5. The first-order chi connectivity index (χ1) is 41.3. The lowest BCUT2D eigenvalue weighted by Gasteiger charge is -2.41. The third-order valence-corrected chi connectivity index (χ3v) is 15.2. The highest BCUT2D eigenvalue weighted by Gasteiger charge is 2.46. The summed E-state index contributed by atoms with van der Waals surface area (Å²) >= 11 is 0. The van der Waals surface area contributed by atoms with E-state index in [1.807, 2.05) is 0 Å². The number of carbonyl (C=O) groups excluding carboxylic acids is 11. The number of nitrogens with zero attached hydrogens (tertiary/aromatic N) is 4. The van der Waals surface area contributed by atoms with Gasteiger partial charge in [0.15, 0.2) is 5.60 Å². The topological polar surface area (TPSA) is 380 Å². The van der Waals surface area contributed by atoms with Crippen molar-refractivity contribution in [2.24, 2.45) is 0 Å². The third kappa shape index (κ3) is 15.1. The van der Waals surface area contributed by atoms with Gasteiger partial charge in [0, 0.05) is 67.2 Å². The van der Waals surface area contributed by atoms with Crippen molar-refractivity contribution in [2.45, 2.75) is 83.2 Å². The number of aryl methyl sites for hydroxylation is 1. The summed E-state index contributed by atoms with van der Waals surface area (Å²) in [5, 5.41) is 29.4. The van der Waals surface area contributed by atoms with Gasteiger partial charge in [-0.15, -0.1) is 0 Å². The first kappa shape index (κ1) is 63.4. The number of hydrogen-bond donors (Lipinski definition) is 8. The molecule has 4 aliphatic heterocycles. The van der Waals surface area contributed by atoms with E-state index in [2.05, 4.69) is 37.2 Å². The molecule has 0 spiro atoms. The lowest BCUT2D eigenvalue weighted by Crippen LogP contribution is -2.60. The Balaban J connectivity index is 0.654. The smallest absolute Gasteiger partial charge is 0.343 e. The molecule has 0 bridgehead atoms. The quantitative estimate of drug-likeness (QED) is 0.0139. The zero-order chi connectivity index (χ0) is 61.7. The number of imide groups is 1. The van der Waals surface area contributed by atoms with Crippen LogP contribution in [-0.2, 0) is 102 Å². The molecule has 3 aromatic rings. The number of carbonyl (C=O) groups is 11. The summed E-state index contributed by atoms with van der Waals surface area (Å²) in [5.74, 6) is -6.97. The monoisotopic (exact) mass is 1200 g/mol. The number of ether oxygens (including phenoxy) is 5. The highest BCUT2D eigenvalue weighted by atomic mass is 19.1. The Hall–Kier alpha value is -8.58.